The standard InChI is InChI=1S/C11H17BrN2O2/c1-4-8(11(15)16)6-9-10(12)7(3)13-14(9)5-2/h8H,4-6H2,1-3H3,(H,15,16). The van der Waals surface area contributed by atoms with Gasteiger partial charge < -0.3 is 5.11 Å². The average Bonchev–Trinajstić information content (AvgIpc) is 2.51. The molecular formula is C11H17BrN2O2. The molecule has 90 valence electrons. The van der Waals surface area contributed by atoms with E-state index in [1.165, 1.54) is 0 Å². The molecule has 1 heterocycles. The molecule has 5 heteroatoms. The lowest BCUT2D eigenvalue weighted by atomic mass is 10.0. The van der Waals surface area contributed by atoms with Crippen LogP contribution in [0.2, 0.25) is 0 Å². The Labute approximate surface area is 104 Å². The third-order valence-electron chi connectivity index (χ3n) is 2.73. The van der Waals surface area contributed by atoms with E-state index in [0.717, 1.165) is 22.4 Å². The van der Waals surface area contributed by atoms with Crippen molar-refractivity contribution in [3.05, 3.63) is 15.9 Å². The van der Waals surface area contributed by atoms with Crippen molar-refractivity contribution < 1.29 is 9.90 Å². The maximum absolute atomic E-state index is 11.0. The first-order valence-electron chi connectivity index (χ1n) is 5.45. The third kappa shape index (κ3) is 2.64. The molecular weight excluding hydrogens is 272 g/mol. The largest absolute Gasteiger partial charge is 0.481 e. The number of aryl methyl sites for hydroxylation is 2. The molecule has 0 radical (unpaired) electrons. The second kappa shape index (κ2) is 5.48. The highest BCUT2D eigenvalue weighted by atomic mass is 79.9. The van der Waals surface area contributed by atoms with Crippen LogP contribution in [0.1, 0.15) is 31.7 Å². The maximum atomic E-state index is 11.0. The molecule has 1 unspecified atom stereocenters. The van der Waals surface area contributed by atoms with Gasteiger partial charge in [0.2, 0.25) is 0 Å². The van der Waals surface area contributed by atoms with Crippen LogP contribution >= 0.6 is 15.9 Å². The highest BCUT2D eigenvalue weighted by Gasteiger charge is 2.21. The average molecular weight is 289 g/mol. The molecule has 0 bridgehead atoms. The lowest BCUT2D eigenvalue weighted by Crippen LogP contribution is -2.18. The van der Waals surface area contributed by atoms with Crippen LogP contribution in [0.5, 0.6) is 0 Å². The summed E-state index contributed by atoms with van der Waals surface area (Å²) < 4.78 is 2.81. The first-order chi connectivity index (χ1) is 7.51. The van der Waals surface area contributed by atoms with E-state index in [4.69, 9.17) is 5.11 Å². The normalized spacial score (nSPS) is 12.8. The topological polar surface area (TPSA) is 55.1 Å². The minimum Gasteiger partial charge on any atom is -0.481 e. The summed E-state index contributed by atoms with van der Waals surface area (Å²) >= 11 is 3.47. The first kappa shape index (κ1) is 13.2. The highest BCUT2D eigenvalue weighted by Crippen LogP contribution is 2.24. The van der Waals surface area contributed by atoms with Crippen LogP contribution < -0.4 is 0 Å². The summed E-state index contributed by atoms with van der Waals surface area (Å²) in [7, 11) is 0. The van der Waals surface area contributed by atoms with Crippen molar-refractivity contribution in [3.63, 3.8) is 0 Å². The van der Waals surface area contributed by atoms with Crippen LogP contribution in [0.15, 0.2) is 4.47 Å². The van der Waals surface area contributed by atoms with Crippen molar-refractivity contribution >= 4 is 21.9 Å². The van der Waals surface area contributed by atoms with E-state index in [9.17, 15) is 4.79 Å². The fourth-order valence-electron chi connectivity index (χ4n) is 1.70. The predicted molar refractivity (Wildman–Crippen MR) is 65.5 cm³/mol. The number of carbonyl (C=O) groups is 1. The molecule has 1 aromatic heterocycles. The molecule has 0 spiro atoms. The predicted octanol–water partition coefficient (Wildman–Crippen LogP) is 2.63. The third-order valence-corrected chi connectivity index (χ3v) is 3.77. The van der Waals surface area contributed by atoms with Gasteiger partial charge in [-0.3, -0.25) is 9.48 Å². The maximum Gasteiger partial charge on any atom is 0.306 e. The molecule has 0 aliphatic heterocycles. The zero-order valence-corrected chi connectivity index (χ0v) is 11.4. The van der Waals surface area contributed by atoms with Crippen LogP contribution in [0.25, 0.3) is 0 Å². The van der Waals surface area contributed by atoms with Crippen molar-refractivity contribution in [2.45, 2.75) is 40.2 Å². The van der Waals surface area contributed by atoms with Crippen molar-refractivity contribution in [1.82, 2.24) is 9.78 Å². The minimum absolute atomic E-state index is 0.335. The smallest absolute Gasteiger partial charge is 0.306 e. The fourth-order valence-corrected chi connectivity index (χ4v) is 2.15. The van der Waals surface area contributed by atoms with E-state index in [1.54, 1.807) is 0 Å². The van der Waals surface area contributed by atoms with Crippen LogP contribution in [-0.4, -0.2) is 20.9 Å². The van der Waals surface area contributed by atoms with E-state index in [0.29, 0.717) is 12.8 Å². The summed E-state index contributed by atoms with van der Waals surface area (Å²) in [4.78, 5) is 11.0. The number of nitrogens with zero attached hydrogens (tertiary/aromatic N) is 2. The second-order valence-electron chi connectivity index (χ2n) is 3.81. The molecule has 1 atom stereocenters. The number of rotatable bonds is 5. The van der Waals surface area contributed by atoms with Gasteiger partial charge in [0.05, 0.1) is 21.8 Å². The van der Waals surface area contributed by atoms with Crippen LogP contribution in [-0.2, 0) is 17.8 Å². The summed E-state index contributed by atoms with van der Waals surface area (Å²) in [5.74, 6) is -1.08. The number of hydrogen-bond acceptors (Lipinski definition) is 2. The van der Waals surface area contributed by atoms with Crippen molar-refractivity contribution in [1.29, 1.82) is 0 Å². The zero-order valence-electron chi connectivity index (χ0n) is 9.83. The Morgan fingerprint density at radius 3 is 2.62 bits per heavy atom. The molecule has 0 saturated heterocycles. The van der Waals surface area contributed by atoms with E-state index in [-0.39, 0.29) is 5.92 Å². The Morgan fingerprint density at radius 1 is 1.56 bits per heavy atom. The molecule has 0 aliphatic rings. The van der Waals surface area contributed by atoms with Crippen molar-refractivity contribution in [2.75, 3.05) is 0 Å². The van der Waals surface area contributed by atoms with Gasteiger partial charge in [0, 0.05) is 13.0 Å². The van der Waals surface area contributed by atoms with Gasteiger partial charge >= 0.3 is 5.97 Å². The summed E-state index contributed by atoms with van der Waals surface area (Å²) in [5, 5.41) is 13.4. The number of carboxylic acid groups (broad SMARTS) is 1. The number of carboxylic acids is 1. The summed E-state index contributed by atoms with van der Waals surface area (Å²) in [6, 6.07) is 0. The van der Waals surface area contributed by atoms with E-state index in [1.807, 2.05) is 25.5 Å². The van der Waals surface area contributed by atoms with Crippen LogP contribution in [0.3, 0.4) is 0 Å². The van der Waals surface area contributed by atoms with Gasteiger partial charge in [-0.2, -0.15) is 5.10 Å². The Bertz CT molecular complexity index is 388. The molecule has 0 aromatic carbocycles. The second-order valence-corrected chi connectivity index (χ2v) is 4.60. The number of aliphatic carboxylic acids is 1. The van der Waals surface area contributed by atoms with E-state index >= 15 is 0 Å². The Hall–Kier alpha value is -0.840. The monoisotopic (exact) mass is 288 g/mol. The zero-order chi connectivity index (χ0) is 12.3. The molecule has 0 aliphatic carbocycles. The molecule has 1 rings (SSSR count). The minimum atomic E-state index is -0.740. The molecule has 0 amide bonds. The van der Waals surface area contributed by atoms with Crippen LogP contribution in [0, 0.1) is 12.8 Å². The van der Waals surface area contributed by atoms with Gasteiger partial charge in [0.1, 0.15) is 0 Å². The first-order valence-corrected chi connectivity index (χ1v) is 6.25. The van der Waals surface area contributed by atoms with Gasteiger partial charge in [-0.1, -0.05) is 6.92 Å². The van der Waals surface area contributed by atoms with E-state index in [2.05, 4.69) is 21.0 Å². The summed E-state index contributed by atoms with van der Waals surface area (Å²) in [6.07, 6.45) is 1.16. The van der Waals surface area contributed by atoms with Gasteiger partial charge in [-0.15, -0.1) is 0 Å². The molecule has 1 N–H and O–H groups in total. The molecule has 0 saturated carbocycles. The lowest BCUT2D eigenvalue weighted by Gasteiger charge is -2.11. The molecule has 1 aromatic rings. The van der Waals surface area contributed by atoms with Crippen molar-refractivity contribution in [3.8, 4) is 0 Å². The molecule has 4 nitrogen and oxygen atoms in total. The highest BCUT2D eigenvalue weighted by molar-refractivity contribution is 9.10. The van der Waals surface area contributed by atoms with Gasteiger partial charge in [-0.25, -0.2) is 0 Å². The molecule has 16 heavy (non-hydrogen) atoms. The van der Waals surface area contributed by atoms with E-state index < -0.39 is 5.97 Å². The summed E-state index contributed by atoms with van der Waals surface area (Å²) in [5.41, 5.74) is 1.89. The Balaban J connectivity index is 2.99. The van der Waals surface area contributed by atoms with Gasteiger partial charge in [0.15, 0.2) is 0 Å². The van der Waals surface area contributed by atoms with Gasteiger partial charge in [0.25, 0.3) is 0 Å². The van der Waals surface area contributed by atoms with Gasteiger partial charge in [-0.05, 0) is 36.2 Å². The fraction of sp³-hybridized carbons (Fsp3) is 0.636. The number of halogens is 1. The SMILES string of the molecule is CCC(Cc1c(Br)c(C)nn1CC)C(=O)O. The Kier molecular flexibility index (Phi) is 4.53. The van der Waals surface area contributed by atoms with Crippen LogP contribution in [0.4, 0.5) is 0 Å². The molecule has 0 fully saturated rings. The number of hydrogen-bond donors (Lipinski definition) is 1. The number of aromatic nitrogens is 2. The Morgan fingerprint density at radius 2 is 2.19 bits per heavy atom. The summed E-state index contributed by atoms with van der Waals surface area (Å²) in [6.45, 7) is 6.58. The van der Waals surface area contributed by atoms with Crippen molar-refractivity contribution in [2.24, 2.45) is 5.92 Å². The quantitative estimate of drug-likeness (QED) is 0.906. The lowest BCUT2D eigenvalue weighted by molar-refractivity contribution is -0.141.